The maximum atomic E-state index is 6.37. The van der Waals surface area contributed by atoms with E-state index >= 15 is 0 Å². The molecule has 3 aliphatic carbocycles. The summed E-state index contributed by atoms with van der Waals surface area (Å²) in [7, 11) is 0. The molecule has 0 heterocycles. The molecule has 3 fully saturated rings. The lowest BCUT2D eigenvalue weighted by molar-refractivity contribution is 0.00532. The Bertz CT molecular complexity index is 438. The monoisotopic (exact) mass is 273 g/mol. The van der Waals surface area contributed by atoms with E-state index in [0.29, 0.717) is 11.3 Å². The van der Waals surface area contributed by atoms with Gasteiger partial charge in [-0.1, -0.05) is 26.0 Å². The van der Waals surface area contributed by atoms with Crippen LogP contribution in [-0.4, -0.2) is 12.1 Å². The van der Waals surface area contributed by atoms with Gasteiger partial charge in [0.1, 0.15) is 5.75 Å². The average Bonchev–Trinajstić information content (AvgIpc) is 2.47. The Morgan fingerprint density at radius 1 is 1.00 bits per heavy atom. The van der Waals surface area contributed by atoms with Gasteiger partial charge in [-0.05, 0) is 62.1 Å². The van der Waals surface area contributed by atoms with E-state index in [2.05, 4.69) is 38.1 Å². The van der Waals surface area contributed by atoms with Crippen LogP contribution in [0.4, 0.5) is 0 Å². The van der Waals surface area contributed by atoms with Crippen molar-refractivity contribution in [2.75, 3.05) is 6.61 Å². The fourth-order valence-corrected chi connectivity index (χ4v) is 3.69. The van der Waals surface area contributed by atoms with Crippen LogP contribution < -0.4 is 10.5 Å². The SMILES string of the molecule is CC(C)c1ccc(OCC23CCC(N)(CC2)CC3)cc1. The van der Waals surface area contributed by atoms with E-state index in [1.165, 1.54) is 44.1 Å². The maximum Gasteiger partial charge on any atom is 0.119 e. The Labute approximate surface area is 122 Å². The molecular formula is C18H27NO. The third kappa shape index (κ3) is 2.71. The molecule has 0 radical (unpaired) electrons. The van der Waals surface area contributed by atoms with Crippen molar-refractivity contribution >= 4 is 0 Å². The Kier molecular flexibility index (Phi) is 3.53. The number of rotatable bonds is 4. The number of ether oxygens (including phenoxy) is 1. The summed E-state index contributed by atoms with van der Waals surface area (Å²) in [6, 6.07) is 8.60. The van der Waals surface area contributed by atoms with Gasteiger partial charge in [-0.2, -0.15) is 0 Å². The molecule has 0 unspecified atom stereocenters. The molecule has 0 aliphatic heterocycles. The molecule has 1 aromatic rings. The third-order valence-corrected chi connectivity index (χ3v) is 5.55. The second kappa shape index (κ2) is 5.07. The summed E-state index contributed by atoms with van der Waals surface area (Å²) >= 11 is 0. The van der Waals surface area contributed by atoms with E-state index in [0.717, 1.165) is 12.4 Å². The van der Waals surface area contributed by atoms with E-state index in [1.54, 1.807) is 0 Å². The van der Waals surface area contributed by atoms with Gasteiger partial charge in [-0.25, -0.2) is 0 Å². The van der Waals surface area contributed by atoms with Crippen LogP contribution in [-0.2, 0) is 0 Å². The topological polar surface area (TPSA) is 35.2 Å². The first-order valence-electron chi connectivity index (χ1n) is 8.02. The number of hydrogen-bond donors (Lipinski definition) is 1. The molecule has 2 bridgehead atoms. The molecular weight excluding hydrogens is 246 g/mol. The molecule has 2 N–H and O–H groups in total. The van der Waals surface area contributed by atoms with Gasteiger partial charge in [0.25, 0.3) is 0 Å². The Morgan fingerprint density at radius 2 is 1.55 bits per heavy atom. The summed E-state index contributed by atoms with van der Waals surface area (Å²) in [5, 5.41) is 0. The van der Waals surface area contributed by atoms with E-state index in [9.17, 15) is 0 Å². The predicted octanol–water partition coefficient (Wildman–Crippen LogP) is 4.24. The molecule has 0 spiro atoms. The summed E-state index contributed by atoms with van der Waals surface area (Å²) in [4.78, 5) is 0. The first kappa shape index (κ1) is 13.9. The minimum Gasteiger partial charge on any atom is -0.493 e. The summed E-state index contributed by atoms with van der Waals surface area (Å²) in [5.41, 5.74) is 8.29. The summed E-state index contributed by atoms with van der Waals surface area (Å²) in [6.45, 7) is 5.31. The largest absolute Gasteiger partial charge is 0.493 e. The number of fused-ring (bicyclic) bond motifs is 3. The van der Waals surface area contributed by atoms with Gasteiger partial charge in [0.05, 0.1) is 6.61 Å². The third-order valence-electron chi connectivity index (χ3n) is 5.55. The minimum absolute atomic E-state index is 0.153. The van der Waals surface area contributed by atoms with E-state index in [4.69, 9.17) is 10.5 Å². The van der Waals surface area contributed by atoms with Crippen molar-refractivity contribution in [3.8, 4) is 5.75 Å². The van der Waals surface area contributed by atoms with Crippen LogP contribution in [0.15, 0.2) is 24.3 Å². The zero-order chi connectivity index (χ0) is 14.2. The van der Waals surface area contributed by atoms with Crippen LogP contribution in [0.3, 0.4) is 0 Å². The average molecular weight is 273 g/mol. The Morgan fingerprint density at radius 3 is 2.05 bits per heavy atom. The van der Waals surface area contributed by atoms with Crippen molar-refractivity contribution in [3.05, 3.63) is 29.8 Å². The molecule has 0 aromatic heterocycles. The Hall–Kier alpha value is -1.02. The number of nitrogens with two attached hydrogens (primary N) is 1. The van der Waals surface area contributed by atoms with Crippen molar-refractivity contribution in [2.24, 2.45) is 11.1 Å². The maximum absolute atomic E-state index is 6.37. The van der Waals surface area contributed by atoms with Gasteiger partial charge in [0.15, 0.2) is 0 Å². The lowest BCUT2D eigenvalue weighted by atomic mass is 9.58. The minimum atomic E-state index is 0.153. The second-order valence-electron chi connectivity index (χ2n) is 7.37. The zero-order valence-electron chi connectivity index (χ0n) is 12.8. The van der Waals surface area contributed by atoms with Crippen molar-refractivity contribution in [2.45, 2.75) is 63.8 Å². The predicted molar refractivity (Wildman–Crippen MR) is 83.1 cm³/mol. The van der Waals surface area contributed by atoms with E-state index < -0.39 is 0 Å². The fraction of sp³-hybridized carbons (Fsp3) is 0.667. The molecule has 0 amide bonds. The zero-order valence-corrected chi connectivity index (χ0v) is 12.8. The van der Waals surface area contributed by atoms with Gasteiger partial charge in [-0.3, -0.25) is 0 Å². The first-order valence-corrected chi connectivity index (χ1v) is 8.02. The van der Waals surface area contributed by atoms with Gasteiger partial charge >= 0.3 is 0 Å². The highest BCUT2D eigenvalue weighted by Crippen LogP contribution is 2.51. The molecule has 110 valence electrons. The van der Waals surface area contributed by atoms with E-state index in [-0.39, 0.29) is 5.54 Å². The highest BCUT2D eigenvalue weighted by Gasteiger charge is 2.46. The first-order chi connectivity index (χ1) is 9.50. The molecule has 3 aliphatic rings. The van der Waals surface area contributed by atoms with Crippen LogP contribution in [0.25, 0.3) is 0 Å². The van der Waals surface area contributed by atoms with Gasteiger partial charge in [0.2, 0.25) is 0 Å². The Balaban J connectivity index is 1.59. The van der Waals surface area contributed by atoms with Gasteiger partial charge in [-0.15, -0.1) is 0 Å². The van der Waals surface area contributed by atoms with Gasteiger partial charge < -0.3 is 10.5 Å². The molecule has 2 nitrogen and oxygen atoms in total. The number of benzene rings is 1. The molecule has 0 atom stereocenters. The summed E-state index contributed by atoms with van der Waals surface area (Å²) < 4.78 is 6.09. The van der Waals surface area contributed by atoms with Gasteiger partial charge in [0, 0.05) is 11.0 Å². The molecule has 4 rings (SSSR count). The van der Waals surface area contributed by atoms with Crippen LogP contribution >= 0.6 is 0 Å². The highest BCUT2D eigenvalue weighted by molar-refractivity contribution is 5.29. The fourth-order valence-electron chi connectivity index (χ4n) is 3.69. The normalized spacial score (nSPS) is 32.6. The number of hydrogen-bond acceptors (Lipinski definition) is 2. The standard InChI is InChI=1S/C18H27NO/c1-14(2)15-3-5-16(6-4-15)20-13-17-7-10-18(19,11-8-17)12-9-17/h3-6,14H,7-13,19H2,1-2H3. The van der Waals surface area contributed by atoms with Crippen molar-refractivity contribution in [1.29, 1.82) is 0 Å². The lowest BCUT2D eigenvalue weighted by Crippen LogP contribution is -2.53. The van der Waals surface area contributed by atoms with Crippen molar-refractivity contribution < 1.29 is 4.74 Å². The molecule has 20 heavy (non-hydrogen) atoms. The quantitative estimate of drug-likeness (QED) is 0.890. The lowest BCUT2D eigenvalue weighted by Gasteiger charge is -2.51. The summed E-state index contributed by atoms with van der Waals surface area (Å²) in [6.07, 6.45) is 7.28. The molecule has 1 aromatic carbocycles. The summed E-state index contributed by atoms with van der Waals surface area (Å²) in [5.74, 6) is 1.59. The molecule has 0 saturated heterocycles. The smallest absolute Gasteiger partial charge is 0.119 e. The second-order valence-corrected chi connectivity index (χ2v) is 7.37. The van der Waals surface area contributed by atoms with Crippen LogP contribution in [0.1, 0.15) is 63.9 Å². The molecule has 3 saturated carbocycles. The van der Waals surface area contributed by atoms with Crippen LogP contribution in [0.5, 0.6) is 5.75 Å². The van der Waals surface area contributed by atoms with Crippen molar-refractivity contribution in [1.82, 2.24) is 0 Å². The van der Waals surface area contributed by atoms with Crippen LogP contribution in [0.2, 0.25) is 0 Å². The highest BCUT2D eigenvalue weighted by atomic mass is 16.5. The van der Waals surface area contributed by atoms with Crippen LogP contribution in [0, 0.1) is 5.41 Å². The van der Waals surface area contributed by atoms with Crippen molar-refractivity contribution in [3.63, 3.8) is 0 Å². The molecule has 2 heteroatoms. The van der Waals surface area contributed by atoms with E-state index in [1.807, 2.05) is 0 Å².